The van der Waals surface area contributed by atoms with Gasteiger partial charge in [0, 0.05) is 56.0 Å². The molecule has 0 atom stereocenters. The maximum Gasteiger partial charge on any atom is 0.501 e. The standard InChI is InChI=1S/C25H15N2O.C11H8N.Ir/c1-2-9-18(10-3-1)26-17-27(22-14-6-5-13-21(22)26)23-15-8-12-20-19-11-4-7-16-24(19)28-25(20)23;1-2-6-10(7-3-1)11-8-4-5-9-12-11;/h1-14,16H;1-6,8-9H;/q+1;-1;. The summed E-state index contributed by atoms with van der Waals surface area (Å²) < 4.78 is 10.3. The van der Waals surface area contributed by atoms with Gasteiger partial charge in [-0.05, 0) is 22.4 Å². The number of pyridine rings is 1. The van der Waals surface area contributed by atoms with Crippen molar-refractivity contribution in [3.63, 3.8) is 0 Å². The van der Waals surface area contributed by atoms with Crippen LogP contribution in [-0.2, 0) is 20.1 Å². The topological polar surface area (TPSA) is 32.0 Å². The number of aromatic nitrogens is 1. The van der Waals surface area contributed by atoms with Gasteiger partial charge in [-0.1, -0.05) is 70.6 Å². The Bertz CT molecular complexity index is 1990. The molecule has 0 unspecified atom stereocenters. The predicted molar refractivity (Wildman–Crippen MR) is 162 cm³/mol. The van der Waals surface area contributed by atoms with Crippen molar-refractivity contribution in [2.45, 2.75) is 0 Å². The third kappa shape index (κ3) is 5.06. The largest absolute Gasteiger partial charge is 0.509 e. The number of benzene rings is 5. The Balaban J connectivity index is 0.000000196. The molecule has 0 bridgehead atoms. The van der Waals surface area contributed by atoms with Crippen LogP contribution in [0.15, 0.2) is 144 Å². The normalized spacial score (nSPS) is 11.6. The maximum atomic E-state index is 6.22. The van der Waals surface area contributed by atoms with Crippen LogP contribution in [0.2, 0.25) is 0 Å². The van der Waals surface area contributed by atoms with Gasteiger partial charge in [0.15, 0.2) is 5.69 Å². The molecule has 197 valence electrons. The molecule has 0 amide bonds. The van der Waals surface area contributed by atoms with Gasteiger partial charge >= 0.3 is 6.01 Å². The SMILES string of the molecule is C1=[N+](c2ccccc2)c2ccccc2[N+]=1c1[c-]ccc2c1oc1ccccc12.[Ir].[c-]1ccccc1-c1ccccn1. The van der Waals surface area contributed by atoms with Crippen LogP contribution >= 0.6 is 0 Å². The molecule has 5 aromatic carbocycles. The maximum absolute atomic E-state index is 6.22. The van der Waals surface area contributed by atoms with E-state index in [1.54, 1.807) is 6.20 Å². The van der Waals surface area contributed by atoms with Gasteiger partial charge in [-0.3, -0.25) is 0 Å². The van der Waals surface area contributed by atoms with Gasteiger partial charge < -0.3 is 9.40 Å². The van der Waals surface area contributed by atoms with E-state index in [2.05, 4.69) is 64.1 Å². The molecule has 0 spiro atoms. The van der Waals surface area contributed by atoms with E-state index < -0.39 is 0 Å². The predicted octanol–water partition coefficient (Wildman–Crippen LogP) is 8.79. The monoisotopic (exact) mass is 706 g/mol. The van der Waals surface area contributed by atoms with E-state index in [9.17, 15) is 0 Å². The molecule has 0 N–H and O–H groups in total. The first-order chi connectivity index (χ1) is 19.9. The zero-order valence-electron chi connectivity index (χ0n) is 21.9. The van der Waals surface area contributed by atoms with E-state index in [0.29, 0.717) is 0 Å². The van der Waals surface area contributed by atoms with Crippen LogP contribution in [0.1, 0.15) is 0 Å². The van der Waals surface area contributed by atoms with Crippen molar-refractivity contribution in [3.8, 4) is 11.3 Å². The zero-order chi connectivity index (χ0) is 26.7. The molecule has 0 saturated heterocycles. The molecule has 5 heteroatoms. The molecule has 2 aromatic heterocycles. The van der Waals surface area contributed by atoms with Gasteiger partial charge in [-0.2, -0.15) is 12.1 Å². The van der Waals surface area contributed by atoms with Crippen LogP contribution in [-0.4, -0.2) is 11.0 Å². The van der Waals surface area contributed by atoms with Crippen molar-refractivity contribution in [2.75, 3.05) is 0 Å². The Hall–Kier alpha value is -4.92. The van der Waals surface area contributed by atoms with Gasteiger partial charge in [-0.15, -0.1) is 42.0 Å². The second-order valence-electron chi connectivity index (χ2n) is 9.25. The Labute approximate surface area is 251 Å². The first-order valence-corrected chi connectivity index (χ1v) is 13.1. The molecule has 7 aromatic rings. The Morgan fingerprint density at radius 3 is 2.12 bits per heavy atom. The van der Waals surface area contributed by atoms with E-state index in [-0.39, 0.29) is 20.1 Å². The summed E-state index contributed by atoms with van der Waals surface area (Å²) >= 11 is 0. The average molecular weight is 706 g/mol. The summed E-state index contributed by atoms with van der Waals surface area (Å²) in [5.74, 6) is 0. The van der Waals surface area contributed by atoms with Crippen LogP contribution < -0.4 is 9.15 Å². The number of hydrogen-bond donors (Lipinski definition) is 0. The van der Waals surface area contributed by atoms with Crippen molar-refractivity contribution >= 4 is 50.7 Å². The summed E-state index contributed by atoms with van der Waals surface area (Å²) in [4.78, 5) is 4.22. The molecule has 1 aliphatic rings. The van der Waals surface area contributed by atoms with Crippen LogP contribution in [0.3, 0.4) is 0 Å². The molecule has 41 heavy (non-hydrogen) atoms. The third-order valence-electron chi connectivity index (χ3n) is 6.77. The minimum Gasteiger partial charge on any atom is -0.509 e. The van der Waals surface area contributed by atoms with E-state index >= 15 is 0 Å². The van der Waals surface area contributed by atoms with Gasteiger partial charge in [0.1, 0.15) is 5.58 Å². The summed E-state index contributed by atoms with van der Waals surface area (Å²) in [5.41, 5.74) is 7.77. The summed E-state index contributed by atoms with van der Waals surface area (Å²) in [5, 5.41) is 2.20. The fraction of sp³-hybridized carbons (Fsp3) is 0. The molecular formula is C36H23IrN3O. The zero-order valence-corrected chi connectivity index (χ0v) is 24.3. The van der Waals surface area contributed by atoms with Crippen molar-refractivity contribution in [2.24, 2.45) is 0 Å². The number of para-hydroxylation sites is 4. The van der Waals surface area contributed by atoms with E-state index in [0.717, 1.165) is 55.9 Å². The second-order valence-corrected chi connectivity index (χ2v) is 9.25. The van der Waals surface area contributed by atoms with E-state index in [1.165, 1.54) is 0 Å². The molecule has 0 saturated carbocycles. The van der Waals surface area contributed by atoms with Crippen LogP contribution in [0.5, 0.6) is 0 Å². The summed E-state index contributed by atoms with van der Waals surface area (Å²) in [6, 6.07) is 54.4. The van der Waals surface area contributed by atoms with Gasteiger partial charge in [0.05, 0.1) is 5.58 Å². The number of rotatable bonds is 3. The van der Waals surface area contributed by atoms with Gasteiger partial charge in [0.2, 0.25) is 5.69 Å². The molecule has 4 nitrogen and oxygen atoms in total. The number of furan rings is 1. The van der Waals surface area contributed by atoms with Crippen molar-refractivity contribution in [1.29, 1.82) is 0 Å². The smallest absolute Gasteiger partial charge is 0.501 e. The number of hydrogen-bond acceptors (Lipinski definition) is 2. The minimum absolute atomic E-state index is 0. The summed E-state index contributed by atoms with van der Waals surface area (Å²) in [7, 11) is 0. The van der Waals surface area contributed by atoms with Crippen molar-refractivity contribution in [1.82, 2.24) is 14.1 Å². The molecule has 3 heterocycles. The fourth-order valence-corrected chi connectivity index (χ4v) is 4.91. The number of fused-ring (bicyclic) bond motifs is 4. The second kappa shape index (κ2) is 11.7. The Morgan fingerprint density at radius 2 is 1.34 bits per heavy atom. The van der Waals surface area contributed by atoms with Crippen molar-refractivity contribution < 1.29 is 24.5 Å². The molecule has 0 aliphatic carbocycles. The summed E-state index contributed by atoms with van der Waals surface area (Å²) in [6.45, 7) is 0. The molecule has 1 aliphatic heterocycles. The molecule has 8 rings (SSSR count). The van der Waals surface area contributed by atoms with Crippen LogP contribution in [0.25, 0.3) is 33.2 Å². The quantitative estimate of drug-likeness (QED) is 0.136. The summed E-state index contributed by atoms with van der Waals surface area (Å²) in [6.07, 6.45) is 1.79. The molecule has 0 fully saturated rings. The van der Waals surface area contributed by atoms with Crippen LogP contribution in [0.4, 0.5) is 22.7 Å². The average Bonchev–Trinajstić information content (AvgIpc) is 3.62. The third-order valence-corrected chi connectivity index (χ3v) is 6.77. The number of nitrogens with zero attached hydrogens (tertiary/aromatic N) is 3. The fourth-order valence-electron chi connectivity index (χ4n) is 4.91. The first kappa shape index (κ1) is 26.3. The van der Waals surface area contributed by atoms with Gasteiger partial charge in [-0.25, -0.2) is 0 Å². The first-order valence-electron chi connectivity index (χ1n) is 13.1. The molecule has 1 radical (unpaired) electrons. The van der Waals surface area contributed by atoms with Gasteiger partial charge in [0.25, 0.3) is 11.4 Å². The van der Waals surface area contributed by atoms with Crippen molar-refractivity contribution in [3.05, 3.63) is 152 Å². The Morgan fingerprint density at radius 1 is 0.610 bits per heavy atom. The van der Waals surface area contributed by atoms with Crippen LogP contribution in [0, 0.1) is 12.1 Å². The Kier molecular flexibility index (Phi) is 7.49. The molecular weight excluding hydrogens is 683 g/mol. The minimum atomic E-state index is 0. The van der Waals surface area contributed by atoms with E-state index in [4.69, 9.17) is 4.42 Å². The van der Waals surface area contributed by atoms with E-state index in [1.807, 2.05) is 102 Å².